The van der Waals surface area contributed by atoms with Gasteiger partial charge in [-0.15, -0.1) is 0 Å². The normalized spacial score (nSPS) is 9.86. The monoisotopic (exact) mass is 222 g/mol. The van der Waals surface area contributed by atoms with Gasteiger partial charge in [-0.3, -0.25) is 0 Å². The van der Waals surface area contributed by atoms with Gasteiger partial charge in [-0.1, -0.05) is 46.0 Å². The van der Waals surface area contributed by atoms with Crippen LogP contribution in [-0.2, 0) is 13.3 Å². The molecule has 14 heavy (non-hydrogen) atoms. The van der Waals surface area contributed by atoms with Crippen LogP contribution in [0.25, 0.3) is 0 Å². The lowest BCUT2D eigenvalue weighted by Crippen LogP contribution is -2.21. The molecule has 0 heterocycles. The molecule has 0 aromatic heterocycles. The summed E-state index contributed by atoms with van der Waals surface area (Å²) >= 11 is 0. The molecule has 0 amide bonds. The smallest absolute Gasteiger partial charge is 0.379 e. The first-order chi connectivity index (χ1) is 6.76. The third-order valence-corrected chi connectivity index (χ3v) is 2.94. The van der Waals surface area contributed by atoms with Crippen LogP contribution in [0.5, 0.6) is 0 Å². The Kier molecular flexibility index (Phi) is 18.4. The van der Waals surface area contributed by atoms with Gasteiger partial charge in [0.05, 0.1) is 0 Å². The molecule has 0 bridgehead atoms. The molecule has 0 fully saturated rings. The third-order valence-electron chi connectivity index (χ3n) is 1.78. The van der Waals surface area contributed by atoms with Crippen molar-refractivity contribution in [2.75, 3.05) is 21.3 Å². The molecule has 0 unspecified atom stereocenters. The van der Waals surface area contributed by atoms with Crippen LogP contribution in [0, 0.1) is 0 Å². The van der Waals surface area contributed by atoms with E-state index in [-0.39, 0.29) is 0 Å². The molecule has 0 saturated carbocycles. The minimum absolute atomic E-state index is 1.36. The molecule has 0 aromatic carbocycles. The zero-order valence-electron chi connectivity index (χ0n) is 10.3. The minimum atomic E-state index is -1.67. The van der Waals surface area contributed by atoms with E-state index in [9.17, 15) is 0 Å². The summed E-state index contributed by atoms with van der Waals surface area (Å²) in [6.45, 7) is 4.49. The summed E-state index contributed by atoms with van der Waals surface area (Å²) in [6, 6.07) is 0. The summed E-state index contributed by atoms with van der Waals surface area (Å²) in [6.07, 6.45) is 7.01. The maximum Gasteiger partial charge on any atom is 0.483 e. The number of hydrogen-bond acceptors (Lipinski definition) is 3. The highest BCUT2D eigenvalue weighted by atomic mass is 28.3. The van der Waals surface area contributed by atoms with Gasteiger partial charge < -0.3 is 13.3 Å². The summed E-state index contributed by atoms with van der Waals surface area (Å²) < 4.78 is 14.2. The second kappa shape index (κ2) is 15.6. The zero-order valence-corrected chi connectivity index (χ0v) is 11.5. The maximum atomic E-state index is 4.74. The Balaban J connectivity index is 0. The molecule has 0 spiro atoms. The van der Waals surface area contributed by atoms with Crippen molar-refractivity contribution in [1.82, 2.24) is 0 Å². The van der Waals surface area contributed by atoms with Crippen molar-refractivity contribution in [2.45, 2.75) is 46.0 Å². The molecule has 0 N–H and O–H groups in total. The maximum absolute atomic E-state index is 4.74. The van der Waals surface area contributed by atoms with Crippen LogP contribution in [0.3, 0.4) is 0 Å². The van der Waals surface area contributed by atoms with E-state index < -0.39 is 9.53 Å². The molecular formula is C10H26O3Si. The average molecular weight is 222 g/mol. The summed E-state index contributed by atoms with van der Waals surface area (Å²) in [5, 5.41) is 0. The van der Waals surface area contributed by atoms with Gasteiger partial charge in [0.1, 0.15) is 0 Å². The standard InChI is InChI=1S/C7H16.C3H10O3Si/c1-3-5-7-6-4-2;1-4-7(5-2)6-3/h3-7H2,1-2H3;7H,1-3H3. The topological polar surface area (TPSA) is 27.7 Å². The summed E-state index contributed by atoms with van der Waals surface area (Å²) in [5.74, 6) is 0. The van der Waals surface area contributed by atoms with Crippen LogP contribution in [-0.4, -0.2) is 30.9 Å². The zero-order chi connectivity index (χ0) is 11.2. The van der Waals surface area contributed by atoms with Crippen LogP contribution in [0.2, 0.25) is 0 Å². The van der Waals surface area contributed by atoms with Crippen LogP contribution in [0.1, 0.15) is 46.0 Å². The Morgan fingerprint density at radius 2 is 1.07 bits per heavy atom. The van der Waals surface area contributed by atoms with Crippen molar-refractivity contribution in [3.8, 4) is 0 Å². The van der Waals surface area contributed by atoms with Gasteiger partial charge in [-0.05, 0) is 0 Å². The minimum Gasteiger partial charge on any atom is -0.379 e. The molecule has 0 saturated heterocycles. The van der Waals surface area contributed by atoms with E-state index >= 15 is 0 Å². The molecule has 0 aliphatic heterocycles. The number of rotatable bonds is 7. The summed E-state index contributed by atoms with van der Waals surface area (Å²) in [4.78, 5) is 0. The Labute approximate surface area is 90.7 Å². The quantitative estimate of drug-likeness (QED) is 0.489. The Morgan fingerprint density at radius 1 is 0.714 bits per heavy atom. The van der Waals surface area contributed by atoms with E-state index in [2.05, 4.69) is 13.8 Å². The summed E-state index contributed by atoms with van der Waals surface area (Å²) in [7, 11) is 3.05. The van der Waals surface area contributed by atoms with Gasteiger partial charge in [0.2, 0.25) is 0 Å². The summed E-state index contributed by atoms with van der Waals surface area (Å²) in [5.41, 5.74) is 0. The second-order valence-electron chi connectivity index (χ2n) is 3.06. The molecule has 4 heteroatoms. The molecule has 0 aromatic rings. The van der Waals surface area contributed by atoms with Gasteiger partial charge in [0.25, 0.3) is 0 Å². The Hall–Kier alpha value is 0.0969. The fourth-order valence-corrected chi connectivity index (χ4v) is 1.54. The Morgan fingerprint density at radius 3 is 1.21 bits per heavy atom. The van der Waals surface area contributed by atoms with Crippen molar-refractivity contribution in [3.63, 3.8) is 0 Å². The molecular weight excluding hydrogens is 196 g/mol. The molecule has 0 aliphatic carbocycles. The van der Waals surface area contributed by atoms with Crippen LogP contribution in [0.4, 0.5) is 0 Å². The van der Waals surface area contributed by atoms with Gasteiger partial charge >= 0.3 is 9.53 Å². The van der Waals surface area contributed by atoms with Gasteiger partial charge in [-0.25, -0.2) is 0 Å². The highest BCUT2D eigenvalue weighted by molar-refractivity contribution is 6.36. The molecule has 0 aliphatic rings. The van der Waals surface area contributed by atoms with E-state index in [0.717, 1.165) is 0 Å². The SMILES string of the molecule is CCCCCCC.CO[SiH](OC)OC. The molecule has 0 radical (unpaired) electrons. The Bertz CT molecular complexity index is 77.9. The van der Waals surface area contributed by atoms with Crippen molar-refractivity contribution in [1.29, 1.82) is 0 Å². The van der Waals surface area contributed by atoms with E-state index in [1.54, 1.807) is 21.3 Å². The highest BCUT2D eigenvalue weighted by Gasteiger charge is 2.04. The first-order valence-electron chi connectivity index (χ1n) is 5.35. The van der Waals surface area contributed by atoms with Crippen LogP contribution < -0.4 is 0 Å². The largest absolute Gasteiger partial charge is 0.483 e. The van der Waals surface area contributed by atoms with Crippen LogP contribution >= 0.6 is 0 Å². The fourth-order valence-electron chi connectivity index (χ4n) is 0.965. The number of hydrogen-bond donors (Lipinski definition) is 0. The predicted octanol–water partition coefficient (Wildman–Crippen LogP) is 2.62. The van der Waals surface area contributed by atoms with Crippen LogP contribution in [0.15, 0.2) is 0 Å². The lowest BCUT2D eigenvalue weighted by atomic mass is 10.2. The first-order valence-corrected chi connectivity index (χ1v) is 6.76. The highest BCUT2D eigenvalue weighted by Crippen LogP contribution is 2.00. The number of unbranched alkanes of at least 4 members (excludes halogenated alkanes) is 4. The second-order valence-corrected chi connectivity index (χ2v) is 5.05. The van der Waals surface area contributed by atoms with Crippen molar-refractivity contribution < 1.29 is 13.3 Å². The fraction of sp³-hybridized carbons (Fsp3) is 1.00. The van der Waals surface area contributed by atoms with E-state index in [0.29, 0.717) is 0 Å². The molecule has 3 nitrogen and oxygen atoms in total. The van der Waals surface area contributed by atoms with Crippen molar-refractivity contribution >= 4 is 9.53 Å². The lowest BCUT2D eigenvalue weighted by Gasteiger charge is -2.05. The van der Waals surface area contributed by atoms with Gasteiger partial charge in [0, 0.05) is 21.3 Å². The third kappa shape index (κ3) is 14.6. The molecule has 0 atom stereocenters. The predicted molar refractivity (Wildman–Crippen MR) is 62.6 cm³/mol. The lowest BCUT2D eigenvalue weighted by molar-refractivity contribution is 0.163. The van der Waals surface area contributed by atoms with Gasteiger partial charge in [0.15, 0.2) is 0 Å². The molecule has 0 rings (SSSR count). The van der Waals surface area contributed by atoms with Crippen molar-refractivity contribution in [3.05, 3.63) is 0 Å². The average Bonchev–Trinajstić information content (AvgIpc) is 2.22. The van der Waals surface area contributed by atoms with E-state index in [1.807, 2.05) is 0 Å². The first kappa shape index (κ1) is 16.5. The van der Waals surface area contributed by atoms with E-state index in [4.69, 9.17) is 13.3 Å². The van der Waals surface area contributed by atoms with Crippen molar-refractivity contribution in [2.24, 2.45) is 0 Å². The van der Waals surface area contributed by atoms with E-state index in [1.165, 1.54) is 32.1 Å². The van der Waals surface area contributed by atoms with Gasteiger partial charge in [-0.2, -0.15) is 0 Å². The molecule has 88 valence electrons.